The van der Waals surface area contributed by atoms with Gasteiger partial charge in [0.2, 0.25) is 0 Å². The average Bonchev–Trinajstić information content (AvgIpc) is 2.90. The molecule has 3 aromatic carbocycles. The summed E-state index contributed by atoms with van der Waals surface area (Å²) in [5.41, 5.74) is 1.07. The predicted octanol–water partition coefficient (Wildman–Crippen LogP) is 5.28. The standard InChI is InChI=1S/C27H23N3O6/c1-3-35-27(33)30-24-15-12-19(16-28-24)29-25(31)17-8-10-18(11-9-17)26(32)36-23-14-13-22(34-2)20-6-4-5-7-21(20)23/h4-16H,3H2,1-2H3,(H,29,31)(H,28,30,33). The van der Waals surface area contributed by atoms with Gasteiger partial charge in [0.05, 0.1) is 31.2 Å². The van der Waals surface area contributed by atoms with Crippen LogP contribution in [-0.4, -0.2) is 36.7 Å². The van der Waals surface area contributed by atoms with Crippen molar-refractivity contribution in [1.29, 1.82) is 0 Å². The van der Waals surface area contributed by atoms with Crippen LogP contribution in [0.3, 0.4) is 0 Å². The third-order valence-electron chi connectivity index (χ3n) is 5.18. The fourth-order valence-corrected chi connectivity index (χ4v) is 3.44. The zero-order chi connectivity index (χ0) is 25.5. The number of benzene rings is 3. The molecule has 0 bridgehead atoms. The summed E-state index contributed by atoms with van der Waals surface area (Å²) in [7, 11) is 1.58. The number of hydrogen-bond acceptors (Lipinski definition) is 7. The fourth-order valence-electron chi connectivity index (χ4n) is 3.44. The first-order chi connectivity index (χ1) is 17.5. The van der Waals surface area contributed by atoms with Gasteiger partial charge in [0.15, 0.2) is 0 Å². The Labute approximate surface area is 207 Å². The van der Waals surface area contributed by atoms with E-state index in [-0.39, 0.29) is 12.5 Å². The number of pyridine rings is 1. The van der Waals surface area contributed by atoms with Gasteiger partial charge in [0.25, 0.3) is 5.91 Å². The lowest BCUT2D eigenvalue weighted by Gasteiger charge is -2.11. The van der Waals surface area contributed by atoms with Crippen LogP contribution in [0, 0.1) is 0 Å². The van der Waals surface area contributed by atoms with E-state index in [4.69, 9.17) is 14.2 Å². The Balaban J connectivity index is 1.40. The van der Waals surface area contributed by atoms with Crippen molar-refractivity contribution in [3.8, 4) is 11.5 Å². The second kappa shape index (κ2) is 11.0. The molecule has 2 amide bonds. The van der Waals surface area contributed by atoms with E-state index < -0.39 is 12.1 Å². The number of methoxy groups -OCH3 is 1. The second-order valence-corrected chi connectivity index (χ2v) is 7.51. The van der Waals surface area contributed by atoms with Gasteiger partial charge in [-0.25, -0.2) is 14.6 Å². The zero-order valence-corrected chi connectivity index (χ0v) is 19.6. The first kappa shape index (κ1) is 24.2. The van der Waals surface area contributed by atoms with Crippen molar-refractivity contribution in [3.63, 3.8) is 0 Å². The van der Waals surface area contributed by atoms with Crippen LogP contribution in [0.1, 0.15) is 27.6 Å². The molecular formula is C27H23N3O6. The maximum absolute atomic E-state index is 12.7. The minimum Gasteiger partial charge on any atom is -0.496 e. The lowest BCUT2D eigenvalue weighted by molar-refractivity contribution is 0.0736. The number of anilines is 2. The summed E-state index contributed by atoms with van der Waals surface area (Å²) >= 11 is 0. The molecule has 36 heavy (non-hydrogen) atoms. The Kier molecular flexibility index (Phi) is 7.40. The van der Waals surface area contributed by atoms with Crippen molar-refractivity contribution >= 4 is 40.2 Å². The van der Waals surface area contributed by atoms with Gasteiger partial charge in [-0.1, -0.05) is 24.3 Å². The van der Waals surface area contributed by atoms with Gasteiger partial charge in [0, 0.05) is 16.3 Å². The molecule has 4 rings (SSSR count). The van der Waals surface area contributed by atoms with E-state index in [1.807, 2.05) is 24.3 Å². The number of carbonyl (C=O) groups excluding carboxylic acids is 3. The van der Waals surface area contributed by atoms with Crippen LogP contribution < -0.4 is 20.1 Å². The van der Waals surface area contributed by atoms with Crippen molar-refractivity contribution in [3.05, 3.63) is 90.1 Å². The lowest BCUT2D eigenvalue weighted by Crippen LogP contribution is -2.15. The Hall–Kier alpha value is -4.92. The number of aromatic nitrogens is 1. The number of rotatable bonds is 7. The summed E-state index contributed by atoms with van der Waals surface area (Å²) in [4.78, 5) is 40.8. The molecule has 0 aliphatic rings. The van der Waals surface area contributed by atoms with Gasteiger partial charge in [0.1, 0.15) is 17.3 Å². The molecule has 0 unspecified atom stereocenters. The molecule has 4 aromatic rings. The molecule has 0 spiro atoms. The highest BCUT2D eigenvalue weighted by atomic mass is 16.5. The molecule has 0 aliphatic heterocycles. The Morgan fingerprint density at radius 2 is 1.47 bits per heavy atom. The summed E-state index contributed by atoms with van der Waals surface area (Å²) in [6.07, 6.45) is 0.797. The number of carbonyl (C=O) groups is 3. The Morgan fingerprint density at radius 3 is 2.11 bits per heavy atom. The average molecular weight is 485 g/mol. The van der Waals surface area contributed by atoms with Gasteiger partial charge in [-0.2, -0.15) is 0 Å². The molecule has 2 N–H and O–H groups in total. The van der Waals surface area contributed by atoms with E-state index in [0.717, 1.165) is 10.8 Å². The maximum atomic E-state index is 12.7. The number of nitrogens with zero attached hydrogens (tertiary/aromatic N) is 1. The highest BCUT2D eigenvalue weighted by molar-refractivity contribution is 6.05. The minimum atomic E-state index is -0.611. The van der Waals surface area contributed by atoms with Crippen molar-refractivity contribution in [2.24, 2.45) is 0 Å². The molecule has 0 aliphatic carbocycles. The molecule has 1 aromatic heterocycles. The van der Waals surface area contributed by atoms with Gasteiger partial charge in [-0.15, -0.1) is 0 Å². The van der Waals surface area contributed by atoms with Crippen molar-refractivity contribution in [1.82, 2.24) is 4.98 Å². The number of ether oxygens (including phenoxy) is 3. The van der Waals surface area contributed by atoms with Gasteiger partial charge >= 0.3 is 12.1 Å². The van der Waals surface area contributed by atoms with E-state index in [1.165, 1.54) is 36.5 Å². The lowest BCUT2D eigenvalue weighted by atomic mass is 10.1. The van der Waals surface area contributed by atoms with Gasteiger partial charge < -0.3 is 19.5 Å². The van der Waals surface area contributed by atoms with Crippen LogP contribution in [0.4, 0.5) is 16.3 Å². The predicted molar refractivity (Wildman–Crippen MR) is 135 cm³/mol. The normalized spacial score (nSPS) is 10.4. The van der Waals surface area contributed by atoms with E-state index in [0.29, 0.717) is 34.1 Å². The summed E-state index contributed by atoms with van der Waals surface area (Å²) in [6.45, 7) is 1.94. The number of fused-ring (bicyclic) bond motifs is 1. The summed E-state index contributed by atoms with van der Waals surface area (Å²) < 4.78 is 15.8. The molecule has 9 nitrogen and oxygen atoms in total. The van der Waals surface area contributed by atoms with Gasteiger partial charge in [-0.05, 0) is 55.5 Å². The first-order valence-corrected chi connectivity index (χ1v) is 11.1. The van der Waals surface area contributed by atoms with E-state index in [1.54, 1.807) is 32.2 Å². The molecule has 0 atom stereocenters. The van der Waals surface area contributed by atoms with Crippen molar-refractivity contribution in [2.45, 2.75) is 6.92 Å². The number of esters is 1. The van der Waals surface area contributed by atoms with Crippen LogP contribution in [0.2, 0.25) is 0 Å². The van der Waals surface area contributed by atoms with Crippen LogP contribution in [-0.2, 0) is 4.74 Å². The maximum Gasteiger partial charge on any atom is 0.412 e. The fraction of sp³-hybridized carbons (Fsp3) is 0.111. The molecule has 9 heteroatoms. The Bertz CT molecular complexity index is 1400. The molecule has 0 saturated carbocycles. The third-order valence-corrected chi connectivity index (χ3v) is 5.18. The van der Waals surface area contributed by atoms with Crippen LogP contribution in [0.15, 0.2) is 79.0 Å². The van der Waals surface area contributed by atoms with Crippen molar-refractivity contribution < 1.29 is 28.6 Å². The SMILES string of the molecule is CCOC(=O)Nc1ccc(NC(=O)c2ccc(C(=O)Oc3ccc(OC)c4ccccc34)cc2)cn1. The van der Waals surface area contributed by atoms with Crippen molar-refractivity contribution in [2.75, 3.05) is 24.4 Å². The van der Waals surface area contributed by atoms with Crippen LogP contribution >= 0.6 is 0 Å². The largest absolute Gasteiger partial charge is 0.496 e. The number of hydrogen-bond donors (Lipinski definition) is 2. The first-order valence-electron chi connectivity index (χ1n) is 11.1. The second-order valence-electron chi connectivity index (χ2n) is 7.51. The van der Waals surface area contributed by atoms with E-state index >= 15 is 0 Å². The summed E-state index contributed by atoms with van der Waals surface area (Å²) in [5.74, 6) is 0.446. The molecular weight excluding hydrogens is 462 g/mol. The molecule has 0 radical (unpaired) electrons. The summed E-state index contributed by atoms with van der Waals surface area (Å²) in [5, 5.41) is 6.76. The smallest absolute Gasteiger partial charge is 0.412 e. The number of amides is 2. The number of nitrogens with one attached hydrogen (secondary N) is 2. The summed E-state index contributed by atoms with van der Waals surface area (Å²) in [6, 6.07) is 20.1. The highest BCUT2D eigenvalue weighted by Crippen LogP contribution is 2.33. The van der Waals surface area contributed by atoms with Crippen LogP contribution in [0.25, 0.3) is 10.8 Å². The van der Waals surface area contributed by atoms with E-state index in [9.17, 15) is 14.4 Å². The van der Waals surface area contributed by atoms with Gasteiger partial charge in [-0.3, -0.25) is 10.1 Å². The highest BCUT2D eigenvalue weighted by Gasteiger charge is 2.14. The minimum absolute atomic E-state index is 0.245. The van der Waals surface area contributed by atoms with Crippen LogP contribution in [0.5, 0.6) is 11.5 Å². The monoisotopic (exact) mass is 485 g/mol. The molecule has 0 saturated heterocycles. The van der Waals surface area contributed by atoms with E-state index in [2.05, 4.69) is 15.6 Å². The third kappa shape index (κ3) is 5.58. The quantitative estimate of drug-likeness (QED) is 0.270. The molecule has 0 fully saturated rings. The zero-order valence-electron chi connectivity index (χ0n) is 19.6. The molecule has 1 heterocycles. The Morgan fingerprint density at radius 1 is 0.806 bits per heavy atom. The topological polar surface area (TPSA) is 116 Å². The molecule has 182 valence electrons.